The zero-order valence-electron chi connectivity index (χ0n) is 19.8. The summed E-state index contributed by atoms with van der Waals surface area (Å²) in [5, 5.41) is 21.1. The van der Waals surface area contributed by atoms with Gasteiger partial charge in [0.25, 0.3) is 0 Å². The SMILES string of the molecule is C=C/C=C(\C=C/C)Nc1ccc(NC(O)c2ccc(Nc3ccnc4ccc(C=O)cc34)nc2)cc1. The third-order valence-corrected chi connectivity index (χ3v) is 5.39. The third-order valence-electron chi connectivity index (χ3n) is 5.39. The summed E-state index contributed by atoms with van der Waals surface area (Å²) in [6.45, 7) is 5.69. The third kappa shape index (κ3) is 6.02. The minimum atomic E-state index is -0.929. The number of carbonyl (C=O) groups excluding carboxylic acids is 1. The first-order valence-corrected chi connectivity index (χ1v) is 11.4. The maximum Gasteiger partial charge on any atom is 0.152 e. The van der Waals surface area contributed by atoms with Crippen molar-refractivity contribution in [3.8, 4) is 0 Å². The lowest BCUT2D eigenvalue weighted by Crippen LogP contribution is -2.10. The van der Waals surface area contributed by atoms with Crippen molar-refractivity contribution in [2.24, 2.45) is 0 Å². The van der Waals surface area contributed by atoms with Crippen molar-refractivity contribution in [3.05, 3.63) is 121 Å². The molecule has 2 aromatic carbocycles. The molecule has 2 aromatic heterocycles. The van der Waals surface area contributed by atoms with E-state index in [-0.39, 0.29) is 0 Å². The molecule has 0 spiro atoms. The van der Waals surface area contributed by atoms with Crippen molar-refractivity contribution < 1.29 is 9.90 Å². The predicted molar refractivity (Wildman–Crippen MR) is 146 cm³/mol. The summed E-state index contributed by atoms with van der Waals surface area (Å²) in [5.41, 5.74) is 5.37. The largest absolute Gasteiger partial charge is 0.369 e. The predicted octanol–water partition coefficient (Wildman–Crippen LogP) is 6.35. The highest BCUT2D eigenvalue weighted by atomic mass is 16.3. The fourth-order valence-electron chi connectivity index (χ4n) is 3.63. The maximum atomic E-state index is 11.2. The summed E-state index contributed by atoms with van der Waals surface area (Å²) in [7, 11) is 0. The van der Waals surface area contributed by atoms with Crippen molar-refractivity contribution in [1.82, 2.24) is 9.97 Å². The van der Waals surface area contributed by atoms with Crippen molar-refractivity contribution >= 4 is 40.1 Å². The number of hydrogen-bond acceptors (Lipinski definition) is 7. The second-order valence-electron chi connectivity index (χ2n) is 7.96. The van der Waals surface area contributed by atoms with E-state index < -0.39 is 6.23 Å². The number of fused-ring (bicyclic) bond motifs is 1. The first kappa shape index (κ1) is 24.4. The molecule has 4 aromatic rings. The normalized spacial score (nSPS) is 12.3. The van der Waals surface area contributed by atoms with E-state index in [1.807, 2.05) is 61.5 Å². The summed E-state index contributed by atoms with van der Waals surface area (Å²) in [4.78, 5) is 19.9. The first-order valence-electron chi connectivity index (χ1n) is 11.4. The maximum absolute atomic E-state index is 11.2. The fourth-order valence-corrected chi connectivity index (χ4v) is 3.63. The summed E-state index contributed by atoms with van der Waals surface area (Å²) in [6, 6.07) is 18.4. The molecule has 0 bridgehead atoms. The van der Waals surface area contributed by atoms with Gasteiger partial charge in [-0.15, -0.1) is 0 Å². The van der Waals surface area contributed by atoms with E-state index in [2.05, 4.69) is 32.5 Å². The Balaban J connectivity index is 1.41. The van der Waals surface area contributed by atoms with Crippen LogP contribution < -0.4 is 16.0 Å². The molecule has 180 valence electrons. The summed E-state index contributed by atoms with van der Waals surface area (Å²) < 4.78 is 0. The summed E-state index contributed by atoms with van der Waals surface area (Å²) in [6.07, 6.45) is 10.7. The van der Waals surface area contributed by atoms with Crippen LogP contribution in [0.5, 0.6) is 0 Å². The molecule has 0 aliphatic carbocycles. The topological polar surface area (TPSA) is 99.2 Å². The smallest absolute Gasteiger partial charge is 0.152 e. The van der Waals surface area contributed by atoms with Gasteiger partial charge >= 0.3 is 0 Å². The van der Waals surface area contributed by atoms with Gasteiger partial charge in [0.15, 0.2) is 6.23 Å². The number of aldehydes is 1. The van der Waals surface area contributed by atoms with Gasteiger partial charge in [0.1, 0.15) is 12.1 Å². The Kier molecular flexibility index (Phi) is 7.85. The number of rotatable bonds is 10. The zero-order chi connectivity index (χ0) is 25.3. The Labute approximate surface area is 209 Å². The van der Waals surface area contributed by atoms with Crippen LogP contribution in [0.3, 0.4) is 0 Å². The molecule has 4 N–H and O–H groups in total. The van der Waals surface area contributed by atoms with E-state index in [4.69, 9.17) is 0 Å². The molecule has 2 heterocycles. The molecule has 7 heteroatoms. The van der Waals surface area contributed by atoms with Crippen LogP contribution in [0.1, 0.15) is 29.1 Å². The number of anilines is 4. The van der Waals surface area contributed by atoms with Crippen molar-refractivity contribution in [1.29, 1.82) is 0 Å². The van der Waals surface area contributed by atoms with E-state index in [1.54, 1.807) is 42.7 Å². The molecule has 0 aliphatic heterocycles. The van der Waals surface area contributed by atoms with E-state index in [9.17, 15) is 9.90 Å². The van der Waals surface area contributed by atoms with E-state index in [0.29, 0.717) is 16.9 Å². The van der Waals surface area contributed by atoms with Gasteiger partial charge in [-0.2, -0.15) is 0 Å². The Morgan fingerprint density at radius 3 is 2.53 bits per heavy atom. The number of allylic oxidation sites excluding steroid dienone is 4. The van der Waals surface area contributed by atoms with E-state index in [1.165, 1.54) is 0 Å². The number of hydrogen-bond donors (Lipinski definition) is 4. The van der Waals surface area contributed by atoms with E-state index >= 15 is 0 Å². The quantitative estimate of drug-likeness (QED) is 0.120. The van der Waals surface area contributed by atoms with Gasteiger partial charge in [-0.1, -0.05) is 18.7 Å². The highest BCUT2D eigenvalue weighted by Gasteiger charge is 2.09. The molecule has 1 unspecified atom stereocenters. The van der Waals surface area contributed by atoms with Crippen LogP contribution in [-0.4, -0.2) is 21.4 Å². The molecule has 36 heavy (non-hydrogen) atoms. The average molecular weight is 478 g/mol. The summed E-state index contributed by atoms with van der Waals surface area (Å²) in [5.74, 6) is 0.606. The van der Waals surface area contributed by atoms with Crippen molar-refractivity contribution in [3.63, 3.8) is 0 Å². The molecular weight excluding hydrogens is 450 g/mol. The number of aromatic nitrogens is 2. The van der Waals surface area contributed by atoms with Crippen LogP contribution in [0.15, 0.2) is 110 Å². The standard InChI is InChI=1S/C29H27N5O2/c1-3-5-22(6-4-2)32-23-9-11-24(12-10-23)33-29(36)21-8-14-28(31-18-21)34-27-15-16-30-26-13-7-20(19-35)17-25(26)27/h3-19,29,32-33,36H,1H2,2H3,(H,30,31,34)/b6-4-,22-5+. The lowest BCUT2D eigenvalue weighted by atomic mass is 10.1. The van der Waals surface area contributed by atoms with Crippen LogP contribution in [-0.2, 0) is 0 Å². The monoisotopic (exact) mass is 477 g/mol. The van der Waals surface area contributed by atoms with Crippen LogP contribution in [0.4, 0.5) is 22.9 Å². The Morgan fingerprint density at radius 2 is 1.83 bits per heavy atom. The molecule has 0 amide bonds. The lowest BCUT2D eigenvalue weighted by Gasteiger charge is -2.16. The van der Waals surface area contributed by atoms with Crippen LogP contribution in [0.25, 0.3) is 10.9 Å². The summed E-state index contributed by atoms with van der Waals surface area (Å²) >= 11 is 0. The van der Waals surface area contributed by atoms with Crippen molar-refractivity contribution in [2.45, 2.75) is 13.2 Å². The van der Waals surface area contributed by atoms with Gasteiger partial charge < -0.3 is 21.1 Å². The number of nitrogens with zero attached hydrogens (tertiary/aromatic N) is 2. The van der Waals surface area contributed by atoms with Crippen LogP contribution in [0.2, 0.25) is 0 Å². The van der Waals surface area contributed by atoms with Crippen LogP contribution in [0, 0.1) is 0 Å². The number of pyridine rings is 2. The van der Waals surface area contributed by atoms with Gasteiger partial charge in [0, 0.05) is 46.0 Å². The second kappa shape index (κ2) is 11.6. The number of benzene rings is 2. The Hall–Kier alpha value is -4.75. The first-order chi connectivity index (χ1) is 17.6. The molecule has 0 aliphatic rings. The number of aliphatic hydroxyl groups excluding tert-OH is 1. The molecule has 7 nitrogen and oxygen atoms in total. The van der Waals surface area contributed by atoms with Gasteiger partial charge in [0.05, 0.1) is 11.2 Å². The van der Waals surface area contributed by atoms with Gasteiger partial charge in [-0.3, -0.25) is 9.78 Å². The number of carbonyl (C=O) groups is 1. The molecule has 0 fully saturated rings. The molecular formula is C29H27N5O2. The number of aliphatic hydroxyl groups is 1. The second-order valence-corrected chi connectivity index (χ2v) is 7.96. The molecule has 0 radical (unpaired) electrons. The van der Waals surface area contributed by atoms with Gasteiger partial charge in [-0.25, -0.2) is 4.98 Å². The van der Waals surface area contributed by atoms with Gasteiger partial charge in [-0.05, 0) is 79.7 Å². The Morgan fingerprint density at radius 1 is 1.03 bits per heavy atom. The molecule has 0 saturated heterocycles. The number of nitrogens with one attached hydrogen (secondary N) is 3. The molecule has 1 atom stereocenters. The average Bonchev–Trinajstić information content (AvgIpc) is 2.90. The zero-order valence-corrected chi connectivity index (χ0v) is 19.8. The van der Waals surface area contributed by atoms with E-state index in [0.717, 1.165) is 39.9 Å². The highest BCUT2D eigenvalue weighted by Crippen LogP contribution is 2.26. The lowest BCUT2D eigenvalue weighted by molar-refractivity contribution is 0.112. The Bertz CT molecular complexity index is 1410. The van der Waals surface area contributed by atoms with Crippen molar-refractivity contribution in [2.75, 3.05) is 16.0 Å². The molecule has 0 saturated carbocycles. The minimum Gasteiger partial charge on any atom is -0.369 e. The van der Waals surface area contributed by atoms with Crippen LogP contribution >= 0.6 is 0 Å². The van der Waals surface area contributed by atoms with Gasteiger partial charge in [0.2, 0.25) is 0 Å². The molecule has 4 rings (SSSR count). The minimum absolute atomic E-state index is 0.575. The fraction of sp³-hybridized carbons (Fsp3) is 0.0690. The highest BCUT2D eigenvalue weighted by molar-refractivity contribution is 5.96.